The summed E-state index contributed by atoms with van der Waals surface area (Å²) < 4.78 is 0. The number of aliphatic hydroxyl groups excluding tert-OH is 1. The third-order valence-corrected chi connectivity index (χ3v) is 2.60. The zero-order chi connectivity index (χ0) is 10.3. The van der Waals surface area contributed by atoms with Crippen LogP contribution in [0.4, 0.5) is 0 Å². The van der Waals surface area contributed by atoms with Crippen LogP contribution < -0.4 is 5.32 Å². The van der Waals surface area contributed by atoms with Gasteiger partial charge in [-0.2, -0.15) is 0 Å². The van der Waals surface area contributed by atoms with Gasteiger partial charge in [0.15, 0.2) is 0 Å². The van der Waals surface area contributed by atoms with Crippen molar-refractivity contribution in [3.05, 3.63) is 0 Å². The maximum absolute atomic E-state index is 9.41. The monoisotopic (exact) mass is 187 g/mol. The van der Waals surface area contributed by atoms with Crippen LogP contribution in [-0.2, 0) is 0 Å². The topological polar surface area (TPSA) is 32.3 Å². The molecule has 0 saturated carbocycles. The summed E-state index contributed by atoms with van der Waals surface area (Å²) in [6.45, 7) is 10.4. The molecule has 0 bridgehead atoms. The van der Waals surface area contributed by atoms with Crippen LogP contribution in [0.5, 0.6) is 0 Å². The molecule has 0 radical (unpaired) electrons. The normalized spacial score (nSPS) is 33.5. The second-order valence-corrected chi connectivity index (χ2v) is 4.10. The van der Waals surface area contributed by atoms with Gasteiger partial charge in [0, 0.05) is 13.1 Å². The summed E-state index contributed by atoms with van der Waals surface area (Å²) in [6.07, 6.45) is 2.55. The molecule has 1 saturated heterocycles. The molecule has 2 N–H and O–H groups in total. The highest BCUT2D eigenvalue weighted by Crippen LogP contribution is 2.15. The SMILES string of the molecule is CC1CNCC(C)C1O.CCCC. The average Bonchev–Trinajstić information content (AvgIpc) is 2.14. The quantitative estimate of drug-likeness (QED) is 0.658. The van der Waals surface area contributed by atoms with E-state index in [1.54, 1.807) is 0 Å². The predicted octanol–water partition coefficient (Wildman–Crippen LogP) is 2.03. The van der Waals surface area contributed by atoms with E-state index >= 15 is 0 Å². The predicted molar refractivity (Wildman–Crippen MR) is 57.8 cm³/mol. The summed E-state index contributed by atoms with van der Waals surface area (Å²) >= 11 is 0. The molecule has 13 heavy (non-hydrogen) atoms. The molecule has 0 aromatic carbocycles. The van der Waals surface area contributed by atoms with Crippen LogP contribution in [0.2, 0.25) is 0 Å². The average molecular weight is 187 g/mol. The van der Waals surface area contributed by atoms with E-state index in [0.29, 0.717) is 11.8 Å². The number of rotatable bonds is 1. The summed E-state index contributed by atoms with van der Waals surface area (Å²) in [5, 5.41) is 12.7. The van der Waals surface area contributed by atoms with Crippen LogP contribution in [0.3, 0.4) is 0 Å². The van der Waals surface area contributed by atoms with Crippen LogP contribution in [0, 0.1) is 11.8 Å². The lowest BCUT2D eigenvalue weighted by Crippen LogP contribution is -2.44. The molecule has 1 fully saturated rings. The van der Waals surface area contributed by atoms with Crippen LogP contribution in [0.15, 0.2) is 0 Å². The highest BCUT2D eigenvalue weighted by atomic mass is 16.3. The first-order valence-electron chi connectivity index (χ1n) is 5.52. The van der Waals surface area contributed by atoms with Gasteiger partial charge in [-0.1, -0.05) is 40.5 Å². The number of nitrogens with one attached hydrogen (secondary N) is 1. The fourth-order valence-electron chi connectivity index (χ4n) is 1.34. The minimum absolute atomic E-state index is 0.0914. The standard InChI is InChI=1S/C7H15NO.C4H10/c1-5-3-8-4-6(2)7(5)9;1-3-4-2/h5-9H,3-4H2,1-2H3;3-4H2,1-2H3. The van der Waals surface area contributed by atoms with E-state index < -0.39 is 0 Å². The maximum atomic E-state index is 9.41. The summed E-state index contributed by atoms with van der Waals surface area (Å²) in [6, 6.07) is 0. The van der Waals surface area contributed by atoms with Gasteiger partial charge in [-0.25, -0.2) is 0 Å². The molecule has 0 spiro atoms. The fourth-order valence-corrected chi connectivity index (χ4v) is 1.34. The molecule has 1 aliphatic heterocycles. The number of piperidine rings is 1. The number of hydrogen-bond acceptors (Lipinski definition) is 2. The smallest absolute Gasteiger partial charge is 0.0615 e. The van der Waals surface area contributed by atoms with Crippen molar-refractivity contribution in [3.63, 3.8) is 0 Å². The van der Waals surface area contributed by atoms with Crippen LogP contribution >= 0.6 is 0 Å². The van der Waals surface area contributed by atoms with Crippen molar-refractivity contribution < 1.29 is 5.11 Å². The van der Waals surface area contributed by atoms with Gasteiger partial charge in [-0.15, -0.1) is 0 Å². The van der Waals surface area contributed by atoms with Gasteiger partial charge in [0.1, 0.15) is 0 Å². The zero-order valence-electron chi connectivity index (χ0n) is 9.51. The van der Waals surface area contributed by atoms with E-state index in [2.05, 4.69) is 33.0 Å². The Balaban J connectivity index is 0.000000310. The second-order valence-electron chi connectivity index (χ2n) is 4.10. The van der Waals surface area contributed by atoms with Crippen molar-refractivity contribution >= 4 is 0 Å². The van der Waals surface area contributed by atoms with Gasteiger partial charge >= 0.3 is 0 Å². The third kappa shape index (κ3) is 5.27. The molecule has 0 amide bonds. The summed E-state index contributed by atoms with van der Waals surface area (Å²) in [5.74, 6) is 0.850. The first-order valence-corrected chi connectivity index (χ1v) is 5.52. The first-order chi connectivity index (χ1) is 6.13. The van der Waals surface area contributed by atoms with Crippen molar-refractivity contribution in [3.8, 4) is 0 Å². The van der Waals surface area contributed by atoms with Crippen molar-refractivity contribution in [2.45, 2.75) is 46.6 Å². The van der Waals surface area contributed by atoms with Crippen LogP contribution in [0.1, 0.15) is 40.5 Å². The summed E-state index contributed by atoms with van der Waals surface area (Å²) in [7, 11) is 0. The molecular formula is C11H25NO. The van der Waals surface area contributed by atoms with Gasteiger partial charge in [0.2, 0.25) is 0 Å². The van der Waals surface area contributed by atoms with Gasteiger partial charge < -0.3 is 10.4 Å². The Morgan fingerprint density at radius 2 is 1.46 bits per heavy atom. The lowest BCUT2D eigenvalue weighted by molar-refractivity contribution is 0.0434. The molecule has 2 heteroatoms. The molecular weight excluding hydrogens is 162 g/mol. The van der Waals surface area contributed by atoms with E-state index in [9.17, 15) is 5.11 Å². The highest BCUT2D eigenvalue weighted by Gasteiger charge is 2.24. The minimum Gasteiger partial charge on any atom is -0.392 e. The molecule has 2 unspecified atom stereocenters. The van der Waals surface area contributed by atoms with Crippen molar-refractivity contribution in [2.24, 2.45) is 11.8 Å². The highest BCUT2D eigenvalue weighted by molar-refractivity contribution is 4.78. The Hall–Kier alpha value is -0.0800. The minimum atomic E-state index is -0.0914. The van der Waals surface area contributed by atoms with E-state index in [1.807, 2.05) is 0 Å². The Morgan fingerprint density at radius 1 is 1.08 bits per heavy atom. The van der Waals surface area contributed by atoms with E-state index in [-0.39, 0.29) is 6.10 Å². The molecule has 0 aromatic rings. The molecule has 2 nitrogen and oxygen atoms in total. The summed E-state index contributed by atoms with van der Waals surface area (Å²) in [4.78, 5) is 0. The van der Waals surface area contributed by atoms with E-state index in [0.717, 1.165) is 13.1 Å². The zero-order valence-corrected chi connectivity index (χ0v) is 9.51. The van der Waals surface area contributed by atoms with E-state index in [4.69, 9.17) is 0 Å². The largest absolute Gasteiger partial charge is 0.392 e. The molecule has 80 valence electrons. The lowest BCUT2D eigenvalue weighted by atomic mass is 9.90. The second kappa shape index (κ2) is 7.34. The van der Waals surface area contributed by atoms with Gasteiger partial charge in [-0.3, -0.25) is 0 Å². The van der Waals surface area contributed by atoms with Gasteiger partial charge in [-0.05, 0) is 11.8 Å². The van der Waals surface area contributed by atoms with Crippen LogP contribution in [0.25, 0.3) is 0 Å². The molecule has 1 rings (SSSR count). The Kier molecular flexibility index (Phi) is 7.29. The molecule has 2 atom stereocenters. The molecule has 0 aliphatic carbocycles. The Morgan fingerprint density at radius 3 is 1.69 bits per heavy atom. The first kappa shape index (κ1) is 12.9. The fraction of sp³-hybridized carbons (Fsp3) is 1.00. The van der Waals surface area contributed by atoms with Gasteiger partial charge in [0.25, 0.3) is 0 Å². The number of hydrogen-bond donors (Lipinski definition) is 2. The maximum Gasteiger partial charge on any atom is 0.0615 e. The molecule has 1 heterocycles. The lowest BCUT2D eigenvalue weighted by Gasteiger charge is -2.30. The van der Waals surface area contributed by atoms with Crippen molar-refractivity contribution in [1.29, 1.82) is 0 Å². The van der Waals surface area contributed by atoms with Gasteiger partial charge in [0.05, 0.1) is 6.10 Å². The molecule has 1 aliphatic rings. The summed E-state index contributed by atoms with van der Waals surface area (Å²) in [5.41, 5.74) is 0. The number of aliphatic hydroxyl groups is 1. The Bertz CT molecular complexity index is 105. The number of unbranched alkanes of at least 4 members (excludes halogenated alkanes) is 1. The van der Waals surface area contributed by atoms with E-state index in [1.165, 1.54) is 12.8 Å². The molecule has 0 aromatic heterocycles. The van der Waals surface area contributed by atoms with Crippen molar-refractivity contribution in [2.75, 3.05) is 13.1 Å². The van der Waals surface area contributed by atoms with Crippen LogP contribution in [-0.4, -0.2) is 24.3 Å². The van der Waals surface area contributed by atoms with Crippen molar-refractivity contribution in [1.82, 2.24) is 5.32 Å². The Labute approximate surface area is 82.7 Å². The third-order valence-electron chi connectivity index (χ3n) is 2.60.